The van der Waals surface area contributed by atoms with Crippen LogP contribution >= 0.6 is 0 Å². The third kappa shape index (κ3) is 3.92. The molecule has 1 saturated heterocycles. The van der Waals surface area contributed by atoms with Crippen LogP contribution < -0.4 is 10.2 Å². The maximum absolute atomic E-state index is 12.8. The Labute approximate surface area is 159 Å². The minimum atomic E-state index is -0.414. The number of ketones is 1. The standard InChI is InChI=1S/C22H24N2O3/c1-4-16-8-5-7-14(2)21(16)23-22(27)18-12-20(26)24(13-18)19-10-6-9-17(11-19)15(3)25/h5-11,18H,4,12-13H2,1-3H3,(H,23,27). The summed E-state index contributed by atoms with van der Waals surface area (Å²) in [5, 5.41) is 3.02. The summed E-state index contributed by atoms with van der Waals surface area (Å²) in [7, 11) is 0. The molecule has 2 aromatic carbocycles. The molecule has 1 aliphatic heterocycles. The summed E-state index contributed by atoms with van der Waals surface area (Å²) in [4.78, 5) is 38.4. The van der Waals surface area contributed by atoms with E-state index in [1.165, 1.54) is 6.92 Å². The molecule has 0 aliphatic carbocycles. The molecular formula is C22H24N2O3. The lowest BCUT2D eigenvalue weighted by atomic mass is 10.0. The van der Waals surface area contributed by atoms with Crippen LogP contribution in [-0.4, -0.2) is 24.1 Å². The molecule has 0 spiro atoms. The highest BCUT2D eigenvalue weighted by atomic mass is 16.2. The van der Waals surface area contributed by atoms with E-state index in [4.69, 9.17) is 0 Å². The average molecular weight is 364 g/mol. The van der Waals surface area contributed by atoms with E-state index in [9.17, 15) is 14.4 Å². The molecule has 5 heteroatoms. The predicted molar refractivity (Wildman–Crippen MR) is 106 cm³/mol. The number of carbonyl (C=O) groups excluding carboxylic acids is 3. The number of nitrogens with zero attached hydrogens (tertiary/aromatic N) is 1. The summed E-state index contributed by atoms with van der Waals surface area (Å²) in [5.41, 5.74) is 4.15. The van der Waals surface area contributed by atoms with Crippen LogP contribution in [0.15, 0.2) is 42.5 Å². The smallest absolute Gasteiger partial charge is 0.229 e. The number of anilines is 2. The predicted octanol–water partition coefficient (Wildman–Crippen LogP) is 3.75. The zero-order valence-corrected chi connectivity index (χ0v) is 15.9. The van der Waals surface area contributed by atoms with Crippen molar-refractivity contribution in [3.63, 3.8) is 0 Å². The molecule has 27 heavy (non-hydrogen) atoms. The monoisotopic (exact) mass is 364 g/mol. The zero-order chi connectivity index (χ0) is 19.6. The molecule has 1 aliphatic rings. The first-order valence-electron chi connectivity index (χ1n) is 9.21. The highest BCUT2D eigenvalue weighted by molar-refractivity contribution is 6.04. The SMILES string of the molecule is CCc1cccc(C)c1NC(=O)C1CC(=O)N(c2cccc(C(C)=O)c2)C1. The van der Waals surface area contributed by atoms with E-state index in [1.807, 2.05) is 32.0 Å². The number of hydrogen-bond donors (Lipinski definition) is 1. The highest BCUT2D eigenvalue weighted by Crippen LogP contribution is 2.28. The Kier molecular flexibility index (Phi) is 5.40. The van der Waals surface area contributed by atoms with Crippen LogP contribution in [0.3, 0.4) is 0 Å². The topological polar surface area (TPSA) is 66.5 Å². The Hall–Kier alpha value is -2.95. The molecule has 1 heterocycles. The second-order valence-corrected chi connectivity index (χ2v) is 6.96. The van der Waals surface area contributed by atoms with Gasteiger partial charge >= 0.3 is 0 Å². The summed E-state index contributed by atoms with van der Waals surface area (Å²) in [5.74, 6) is -0.707. The van der Waals surface area contributed by atoms with Crippen molar-refractivity contribution in [3.8, 4) is 0 Å². The van der Waals surface area contributed by atoms with Gasteiger partial charge in [0, 0.05) is 29.9 Å². The van der Waals surface area contributed by atoms with Crippen molar-refractivity contribution in [1.82, 2.24) is 0 Å². The molecule has 1 atom stereocenters. The van der Waals surface area contributed by atoms with Gasteiger partial charge in [0.2, 0.25) is 11.8 Å². The Morgan fingerprint density at radius 3 is 2.63 bits per heavy atom. The maximum Gasteiger partial charge on any atom is 0.229 e. The number of amides is 2. The Morgan fingerprint density at radius 1 is 1.19 bits per heavy atom. The van der Waals surface area contributed by atoms with Crippen LogP contribution in [0.4, 0.5) is 11.4 Å². The normalized spacial score (nSPS) is 16.5. The van der Waals surface area contributed by atoms with Gasteiger partial charge in [-0.15, -0.1) is 0 Å². The van der Waals surface area contributed by atoms with Gasteiger partial charge < -0.3 is 10.2 Å². The van der Waals surface area contributed by atoms with Gasteiger partial charge in [-0.2, -0.15) is 0 Å². The molecule has 1 N–H and O–H groups in total. The first kappa shape index (κ1) is 18.8. The summed E-state index contributed by atoms with van der Waals surface area (Å²) < 4.78 is 0. The molecular weight excluding hydrogens is 340 g/mol. The van der Waals surface area contributed by atoms with E-state index in [-0.39, 0.29) is 24.0 Å². The zero-order valence-electron chi connectivity index (χ0n) is 15.9. The van der Waals surface area contributed by atoms with Gasteiger partial charge in [0.15, 0.2) is 5.78 Å². The maximum atomic E-state index is 12.8. The van der Waals surface area contributed by atoms with Gasteiger partial charge in [0.1, 0.15) is 0 Å². The summed E-state index contributed by atoms with van der Waals surface area (Å²) >= 11 is 0. The molecule has 0 bridgehead atoms. The minimum absolute atomic E-state index is 0.0514. The molecule has 0 saturated carbocycles. The van der Waals surface area contributed by atoms with E-state index in [0.717, 1.165) is 23.2 Å². The van der Waals surface area contributed by atoms with E-state index >= 15 is 0 Å². The van der Waals surface area contributed by atoms with Crippen molar-refractivity contribution in [2.75, 3.05) is 16.8 Å². The average Bonchev–Trinajstić information content (AvgIpc) is 3.05. The first-order valence-corrected chi connectivity index (χ1v) is 9.21. The van der Waals surface area contributed by atoms with Crippen LogP contribution in [0.2, 0.25) is 0 Å². The molecule has 140 valence electrons. The Balaban J connectivity index is 1.77. The largest absolute Gasteiger partial charge is 0.325 e. The van der Waals surface area contributed by atoms with E-state index in [0.29, 0.717) is 17.8 Å². The van der Waals surface area contributed by atoms with Crippen molar-refractivity contribution in [1.29, 1.82) is 0 Å². The van der Waals surface area contributed by atoms with Gasteiger partial charge in [0.25, 0.3) is 0 Å². The first-order chi connectivity index (χ1) is 12.9. The lowest BCUT2D eigenvalue weighted by Crippen LogP contribution is -2.28. The number of carbonyl (C=O) groups is 3. The van der Waals surface area contributed by atoms with Crippen LogP contribution in [0.1, 0.15) is 41.8 Å². The molecule has 5 nitrogen and oxygen atoms in total. The number of rotatable bonds is 5. The third-order valence-corrected chi connectivity index (χ3v) is 5.05. The molecule has 0 aromatic heterocycles. The quantitative estimate of drug-likeness (QED) is 0.822. The number of Topliss-reactive ketones (excluding diaryl/α,β-unsaturated/α-hetero) is 1. The molecule has 0 radical (unpaired) electrons. The van der Waals surface area contributed by atoms with Crippen molar-refractivity contribution in [3.05, 3.63) is 59.2 Å². The van der Waals surface area contributed by atoms with Crippen LogP contribution in [0.25, 0.3) is 0 Å². The molecule has 2 aromatic rings. The van der Waals surface area contributed by atoms with Crippen molar-refractivity contribution < 1.29 is 14.4 Å². The Morgan fingerprint density at radius 2 is 1.93 bits per heavy atom. The van der Waals surface area contributed by atoms with Gasteiger partial charge in [-0.1, -0.05) is 37.3 Å². The second-order valence-electron chi connectivity index (χ2n) is 6.96. The fraction of sp³-hybridized carbons (Fsp3) is 0.318. The number of hydrogen-bond acceptors (Lipinski definition) is 3. The lowest BCUT2D eigenvalue weighted by molar-refractivity contribution is -0.122. The van der Waals surface area contributed by atoms with Crippen molar-refractivity contribution >= 4 is 29.0 Å². The minimum Gasteiger partial charge on any atom is -0.325 e. The highest BCUT2D eigenvalue weighted by Gasteiger charge is 2.35. The van der Waals surface area contributed by atoms with Crippen molar-refractivity contribution in [2.45, 2.75) is 33.6 Å². The molecule has 1 fully saturated rings. The van der Waals surface area contributed by atoms with Crippen LogP contribution in [0.5, 0.6) is 0 Å². The van der Waals surface area contributed by atoms with Gasteiger partial charge in [-0.25, -0.2) is 0 Å². The lowest BCUT2D eigenvalue weighted by Gasteiger charge is -2.18. The van der Waals surface area contributed by atoms with Gasteiger partial charge in [-0.05, 0) is 43.5 Å². The number of aryl methyl sites for hydroxylation is 2. The Bertz CT molecular complexity index is 904. The van der Waals surface area contributed by atoms with E-state index < -0.39 is 5.92 Å². The number of para-hydroxylation sites is 1. The fourth-order valence-electron chi connectivity index (χ4n) is 3.45. The third-order valence-electron chi connectivity index (χ3n) is 5.05. The number of nitrogens with one attached hydrogen (secondary N) is 1. The van der Waals surface area contributed by atoms with Crippen molar-refractivity contribution in [2.24, 2.45) is 5.92 Å². The van der Waals surface area contributed by atoms with E-state index in [1.54, 1.807) is 29.2 Å². The van der Waals surface area contributed by atoms with Gasteiger partial charge in [0.05, 0.1) is 5.92 Å². The van der Waals surface area contributed by atoms with Crippen LogP contribution in [0, 0.1) is 12.8 Å². The van der Waals surface area contributed by atoms with E-state index in [2.05, 4.69) is 5.32 Å². The van der Waals surface area contributed by atoms with Crippen LogP contribution in [-0.2, 0) is 16.0 Å². The summed E-state index contributed by atoms with van der Waals surface area (Å²) in [6.45, 7) is 5.83. The van der Waals surface area contributed by atoms with Gasteiger partial charge in [-0.3, -0.25) is 14.4 Å². The fourth-order valence-corrected chi connectivity index (χ4v) is 3.45. The number of benzene rings is 2. The second kappa shape index (κ2) is 7.74. The molecule has 3 rings (SSSR count). The molecule has 2 amide bonds. The summed E-state index contributed by atoms with van der Waals surface area (Å²) in [6, 6.07) is 12.9. The summed E-state index contributed by atoms with van der Waals surface area (Å²) in [6.07, 6.45) is 0.994. The molecule has 1 unspecified atom stereocenters.